The van der Waals surface area contributed by atoms with Gasteiger partial charge in [0, 0.05) is 36.6 Å². The Kier molecular flexibility index (Phi) is 6.75. The van der Waals surface area contributed by atoms with E-state index < -0.39 is 0 Å². The highest BCUT2D eigenvalue weighted by Crippen LogP contribution is 2.25. The Labute approximate surface area is 143 Å². The highest BCUT2D eigenvalue weighted by Gasteiger charge is 2.11. The first-order chi connectivity index (χ1) is 11.6. The quantitative estimate of drug-likeness (QED) is 0.732. The molecule has 0 aliphatic carbocycles. The summed E-state index contributed by atoms with van der Waals surface area (Å²) in [5.74, 6) is 0.765. The molecule has 24 heavy (non-hydrogen) atoms. The largest absolute Gasteiger partial charge is 0.488 e. The minimum atomic E-state index is -0.0575. The van der Waals surface area contributed by atoms with Crippen molar-refractivity contribution in [3.63, 3.8) is 0 Å². The molecule has 0 aliphatic rings. The fourth-order valence-electron chi connectivity index (χ4n) is 2.49. The maximum atomic E-state index is 12.2. The number of amides is 1. The predicted molar refractivity (Wildman–Crippen MR) is 95.4 cm³/mol. The summed E-state index contributed by atoms with van der Waals surface area (Å²) in [6.45, 7) is 8.71. The lowest BCUT2D eigenvalue weighted by Gasteiger charge is -2.14. The number of nitrogens with zero attached hydrogens (tertiary/aromatic N) is 1. The number of carbonyl (C=O) groups is 1. The van der Waals surface area contributed by atoms with Gasteiger partial charge in [0.2, 0.25) is 0 Å². The van der Waals surface area contributed by atoms with E-state index in [1.807, 2.05) is 45.0 Å². The summed E-state index contributed by atoms with van der Waals surface area (Å²) in [5, 5.41) is 6.09. The summed E-state index contributed by atoms with van der Waals surface area (Å²) in [5.41, 5.74) is 3.59. The van der Waals surface area contributed by atoms with Crippen LogP contribution in [-0.2, 0) is 6.61 Å². The Balaban J connectivity index is 2.01. The van der Waals surface area contributed by atoms with Gasteiger partial charge < -0.3 is 15.4 Å². The van der Waals surface area contributed by atoms with Crippen molar-refractivity contribution in [3.05, 3.63) is 58.9 Å². The van der Waals surface area contributed by atoms with Gasteiger partial charge in [-0.25, -0.2) is 0 Å². The number of hydrogen-bond acceptors (Lipinski definition) is 4. The number of nitrogens with one attached hydrogen (secondary N) is 2. The molecule has 0 aliphatic heterocycles. The summed E-state index contributed by atoms with van der Waals surface area (Å²) in [4.78, 5) is 16.3. The number of hydrogen-bond donors (Lipinski definition) is 2. The van der Waals surface area contributed by atoms with Crippen molar-refractivity contribution in [2.75, 3.05) is 19.6 Å². The van der Waals surface area contributed by atoms with Crippen molar-refractivity contribution in [1.82, 2.24) is 15.6 Å². The van der Waals surface area contributed by atoms with E-state index in [0.717, 1.165) is 35.5 Å². The van der Waals surface area contributed by atoms with Gasteiger partial charge in [-0.1, -0.05) is 13.0 Å². The fraction of sp³-hybridized carbons (Fsp3) is 0.368. The van der Waals surface area contributed by atoms with Gasteiger partial charge in [-0.05, 0) is 49.7 Å². The van der Waals surface area contributed by atoms with Crippen LogP contribution in [-0.4, -0.2) is 30.5 Å². The first kappa shape index (κ1) is 17.9. The van der Waals surface area contributed by atoms with Crippen molar-refractivity contribution >= 4 is 5.91 Å². The first-order valence-corrected chi connectivity index (χ1v) is 8.23. The monoisotopic (exact) mass is 327 g/mol. The third-order valence-corrected chi connectivity index (χ3v) is 3.67. The molecule has 1 heterocycles. The van der Waals surface area contributed by atoms with Crippen LogP contribution in [0.5, 0.6) is 5.75 Å². The zero-order valence-electron chi connectivity index (χ0n) is 14.6. The lowest BCUT2D eigenvalue weighted by Crippen LogP contribution is -2.31. The smallest absolute Gasteiger partial charge is 0.251 e. The first-order valence-electron chi connectivity index (χ1n) is 8.23. The predicted octanol–water partition coefficient (Wildman–Crippen LogP) is 2.62. The molecule has 1 aromatic heterocycles. The molecule has 0 atom stereocenters. The Morgan fingerprint density at radius 1 is 1.21 bits per heavy atom. The second-order valence-corrected chi connectivity index (χ2v) is 5.70. The number of aromatic nitrogens is 1. The molecule has 2 N–H and O–H groups in total. The van der Waals surface area contributed by atoms with Gasteiger partial charge in [0.05, 0.1) is 0 Å². The van der Waals surface area contributed by atoms with E-state index in [2.05, 4.69) is 15.6 Å². The minimum Gasteiger partial charge on any atom is -0.488 e. The molecule has 0 unspecified atom stereocenters. The molecule has 0 spiro atoms. The topological polar surface area (TPSA) is 63.2 Å². The lowest BCUT2D eigenvalue weighted by atomic mass is 10.0. The van der Waals surface area contributed by atoms with E-state index in [1.54, 1.807) is 12.4 Å². The average Bonchev–Trinajstić information content (AvgIpc) is 2.58. The number of likely N-dealkylation sites (N-methyl/N-ethyl adjacent to an activating group) is 1. The van der Waals surface area contributed by atoms with Crippen LogP contribution in [0.4, 0.5) is 0 Å². The Hall–Kier alpha value is -2.40. The number of benzene rings is 1. The second-order valence-electron chi connectivity index (χ2n) is 5.70. The Morgan fingerprint density at radius 2 is 1.96 bits per heavy atom. The van der Waals surface area contributed by atoms with Gasteiger partial charge in [0.15, 0.2) is 0 Å². The van der Waals surface area contributed by atoms with Crippen molar-refractivity contribution in [2.45, 2.75) is 27.4 Å². The van der Waals surface area contributed by atoms with E-state index in [9.17, 15) is 4.79 Å². The highest BCUT2D eigenvalue weighted by molar-refractivity contribution is 5.94. The van der Waals surface area contributed by atoms with E-state index in [0.29, 0.717) is 18.7 Å². The highest BCUT2D eigenvalue weighted by atomic mass is 16.5. The van der Waals surface area contributed by atoms with Crippen LogP contribution in [0.15, 0.2) is 36.7 Å². The van der Waals surface area contributed by atoms with Crippen LogP contribution in [0.1, 0.15) is 34.0 Å². The molecule has 5 heteroatoms. The van der Waals surface area contributed by atoms with Crippen molar-refractivity contribution in [3.8, 4) is 5.75 Å². The Bertz CT molecular complexity index is 649. The average molecular weight is 327 g/mol. The molecule has 0 fully saturated rings. The van der Waals surface area contributed by atoms with Crippen LogP contribution in [0, 0.1) is 13.8 Å². The van der Waals surface area contributed by atoms with Crippen LogP contribution in [0.3, 0.4) is 0 Å². The molecular formula is C19H25N3O2. The summed E-state index contributed by atoms with van der Waals surface area (Å²) in [6.07, 6.45) is 3.53. The molecule has 2 rings (SSSR count). The van der Waals surface area contributed by atoms with Gasteiger partial charge in [-0.3, -0.25) is 9.78 Å². The summed E-state index contributed by atoms with van der Waals surface area (Å²) in [6, 6.07) is 7.60. The van der Waals surface area contributed by atoms with Gasteiger partial charge in [-0.15, -0.1) is 0 Å². The zero-order chi connectivity index (χ0) is 17.4. The van der Waals surface area contributed by atoms with E-state index in [-0.39, 0.29) is 5.91 Å². The molecule has 0 radical (unpaired) electrons. The van der Waals surface area contributed by atoms with Gasteiger partial charge >= 0.3 is 0 Å². The number of aryl methyl sites for hydroxylation is 2. The summed E-state index contributed by atoms with van der Waals surface area (Å²) < 4.78 is 5.92. The maximum absolute atomic E-state index is 12.2. The molecule has 2 aromatic rings. The van der Waals surface area contributed by atoms with Crippen LogP contribution < -0.4 is 15.4 Å². The van der Waals surface area contributed by atoms with E-state index in [1.165, 1.54) is 0 Å². The minimum absolute atomic E-state index is 0.0575. The zero-order valence-corrected chi connectivity index (χ0v) is 14.6. The summed E-state index contributed by atoms with van der Waals surface area (Å²) in [7, 11) is 0. The lowest BCUT2D eigenvalue weighted by molar-refractivity contribution is 0.0953. The summed E-state index contributed by atoms with van der Waals surface area (Å²) >= 11 is 0. The third kappa shape index (κ3) is 5.06. The van der Waals surface area contributed by atoms with Gasteiger partial charge in [0.25, 0.3) is 5.91 Å². The van der Waals surface area contributed by atoms with Crippen LogP contribution >= 0.6 is 0 Å². The van der Waals surface area contributed by atoms with E-state index in [4.69, 9.17) is 4.74 Å². The SMILES string of the molecule is CCNCCNC(=O)c1cc(C)c(OCc2cccnc2)c(C)c1. The maximum Gasteiger partial charge on any atom is 0.251 e. The molecule has 0 bridgehead atoms. The molecule has 1 aromatic carbocycles. The Morgan fingerprint density at radius 3 is 2.58 bits per heavy atom. The number of rotatable bonds is 8. The molecule has 128 valence electrons. The van der Waals surface area contributed by atoms with Gasteiger partial charge in [-0.2, -0.15) is 0 Å². The molecular weight excluding hydrogens is 302 g/mol. The number of pyridine rings is 1. The molecule has 0 saturated heterocycles. The van der Waals surface area contributed by atoms with Crippen molar-refractivity contribution < 1.29 is 9.53 Å². The van der Waals surface area contributed by atoms with E-state index >= 15 is 0 Å². The standard InChI is InChI=1S/C19H25N3O2/c1-4-20-8-9-22-19(23)17-10-14(2)18(15(3)11-17)24-13-16-6-5-7-21-12-16/h5-7,10-12,20H,4,8-9,13H2,1-3H3,(H,22,23). The van der Waals surface area contributed by atoms with Crippen molar-refractivity contribution in [1.29, 1.82) is 0 Å². The van der Waals surface area contributed by atoms with Crippen LogP contribution in [0.2, 0.25) is 0 Å². The molecule has 0 saturated carbocycles. The van der Waals surface area contributed by atoms with Crippen LogP contribution in [0.25, 0.3) is 0 Å². The fourth-order valence-corrected chi connectivity index (χ4v) is 2.49. The second kappa shape index (κ2) is 9.03. The third-order valence-electron chi connectivity index (χ3n) is 3.67. The molecule has 5 nitrogen and oxygen atoms in total. The number of carbonyl (C=O) groups excluding carboxylic acids is 1. The molecule has 1 amide bonds. The normalized spacial score (nSPS) is 10.5. The van der Waals surface area contributed by atoms with Crippen molar-refractivity contribution in [2.24, 2.45) is 0 Å². The van der Waals surface area contributed by atoms with Gasteiger partial charge in [0.1, 0.15) is 12.4 Å². The number of ether oxygens (including phenoxy) is 1.